The van der Waals surface area contributed by atoms with Crippen molar-refractivity contribution in [2.75, 3.05) is 31.6 Å². The van der Waals surface area contributed by atoms with Crippen LogP contribution in [0.5, 0.6) is 17.4 Å². The first-order valence-electron chi connectivity index (χ1n) is 10.5. The van der Waals surface area contributed by atoms with E-state index in [1.807, 2.05) is 39.0 Å². The Bertz CT molecular complexity index is 922. The fraction of sp³-hybridized carbons (Fsp3) is 0.500. The molecule has 3 heterocycles. The van der Waals surface area contributed by atoms with Gasteiger partial charge in [0.15, 0.2) is 11.5 Å². The molecule has 1 aromatic heterocycles. The number of rotatable bonds is 4. The van der Waals surface area contributed by atoms with Crippen molar-refractivity contribution >= 4 is 17.6 Å². The Labute approximate surface area is 181 Å². The average molecular weight is 428 g/mol. The molecule has 0 atom stereocenters. The number of benzene rings is 1. The summed E-state index contributed by atoms with van der Waals surface area (Å²) in [4.78, 5) is 22.4. The predicted molar refractivity (Wildman–Crippen MR) is 114 cm³/mol. The van der Waals surface area contributed by atoms with Crippen molar-refractivity contribution in [3.63, 3.8) is 0 Å². The van der Waals surface area contributed by atoms with Crippen LogP contribution in [0.15, 0.2) is 30.6 Å². The first-order chi connectivity index (χ1) is 14.9. The molecule has 1 fully saturated rings. The van der Waals surface area contributed by atoms with Crippen molar-refractivity contribution in [3.05, 3.63) is 30.6 Å². The molecule has 4 rings (SSSR count). The van der Waals surface area contributed by atoms with Crippen molar-refractivity contribution in [3.8, 4) is 17.4 Å². The number of hydrogen-bond acceptors (Lipinski definition) is 8. The average Bonchev–Trinajstić information content (AvgIpc) is 2.73. The number of piperidine rings is 1. The maximum atomic E-state index is 12.2. The number of amides is 1. The quantitative estimate of drug-likeness (QED) is 0.786. The molecule has 166 valence electrons. The van der Waals surface area contributed by atoms with E-state index < -0.39 is 5.60 Å². The molecular formula is C22H28N4O5. The zero-order valence-corrected chi connectivity index (χ0v) is 18.1. The van der Waals surface area contributed by atoms with Gasteiger partial charge in [-0.2, -0.15) is 0 Å². The summed E-state index contributed by atoms with van der Waals surface area (Å²) >= 11 is 0. The first kappa shape index (κ1) is 21.0. The second kappa shape index (κ2) is 8.87. The number of nitrogens with one attached hydrogen (secondary N) is 1. The van der Waals surface area contributed by atoms with Gasteiger partial charge in [-0.05, 0) is 32.9 Å². The molecule has 0 aliphatic carbocycles. The molecule has 0 spiro atoms. The van der Waals surface area contributed by atoms with Gasteiger partial charge >= 0.3 is 6.09 Å². The highest BCUT2D eigenvalue weighted by Gasteiger charge is 2.27. The summed E-state index contributed by atoms with van der Waals surface area (Å²) in [5.41, 5.74) is 0.339. The molecule has 1 saturated heterocycles. The van der Waals surface area contributed by atoms with Gasteiger partial charge in [-0.25, -0.2) is 14.8 Å². The lowest BCUT2D eigenvalue weighted by molar-refractivity contribution is 0.0123. The number of ether oxygens (including phenoxy) is 4. The highest BCUT2D eigenvalue weighted by atomic mass is 16.6. The van der Waals surface area contributed by atoms with Crippen molar-refractivity contribution in [2.45, 2.75) is 45.3 Å². The van der Waals surface area contributed by atoms with E-state index in [0.717, 1.165) is 11.4 Å². The van der Waals surface area contributed by atoms with Crippen LogP contribution in [0.4, 0.5) is 16.3 Å². The lowest BCUT2D eigenvalue weighted by atomic mass is 10.1. The lowest BCUT2D eigenvalue weighted by Crippen LogP contribution is -2.44. The van der Waals surface area contributed by atoms with Crippen LogP contribution in [-0.4, -0.2) is 59.0 Å². The van der Waals surface area contributed by atoms with E-state index in [0.29, 0.717) is 56.6 Å². The Morgan fingerprint density at radius 1 is 1.10 bits per heavy atom. The van der Waals surface area contributed by atoms with E-state index in [-0.39, 0.29) is 12.2 Å². The number of nitrogens with zero attached hydrogens (tertiary/aromatic N) is 3. The topological polar surface area (TPSA) is 95.0 Å². The van der Waals surface area contributed by atoms with Gasteiger partial charge in [-0.3, -0.25) is 0 Å². The zero-order chi connectivity index (χ0) is 21.8. The normalized spacial score (nSPS) is 16.5. The molecule has 9 nitrogen and oxygen atoms in total. The first-order valence-corrected chi connectivity index (χ1v) is 10.5. The molecule has 0 radical (unpaired) electrons. The zero-order valence-electron chi connectivity index (χ0n) is 18.1. The number of carbonyl (C=O) groups excluding carboxylic acids is 1. The summed E-state index contributed by atoms with van der Waals surface area (Å²) in [6, 6.07) is 7.41. The molecule has 2 aromatic rings. The minimum atomic E-state index is -0.494. The highest BCUT2D eigenvalue weighted by Crippen LogP contribution is 2.33. The number of aromatic nitrogens is 2. The van der Waals surface area contributed by atoms with Crippen LogP contribution in [0, 0.1) is 0 Å². The van der Waals surface area contributed by atoms with E-state index in [4.69, 9.17) is 18.9 Å². The Morgan fingerprint density at radius 2 is 1.84 bits per heavy atom. The fourth-order valence-electron chi connectivity index (χ4n) is 3.39. The molecular weight excluding hydrogens is 400 g/mol. The molecule has 1 amide bonds. The van der Waals surface area contributed by atoms with Crippen LogP contribution in [0.1, 0.15) is 33.6 Å². The molecule has 31 heavy (non-hydrogen) atoms. The van der Waals surface area contributed by atoms with E-state index in [1.165, 1.54) is 6.33 Å². The third kappa shape index (κ3) is 5.68. The van der Waals surface area contributed by atoms with Crippen molar-refractivity contribution in [1.82, 2.24) is 14.9 Å². The molecule has 9 heteroatoms. The molecule has 0 bridgehead atoms. The second-order valence-electron chi connectivity index (χ2n) is 8.51. The molecule has 2 aliphatic heterocycles. The maximum Gasteiger partial charge on any atom is 0.410 e. The maximum absolute atomic E-state index is 12.2. The Morgan fingerprint density at radius 3 is 2.58 bits per heavy atom. The third-order valence-corrected chi connectivity index (χ3v) is 4.84. The molecule has 2 aliphatic rings. The van der Waals surface area contributed by atoms with E-state index in [2.05, 4.69) is 15.3 Å². The number of anilines is 2. The van der Waals surface area contributed by atoms with Crippen molar-refractivity contribution < 1.29 is 23.7 Å². The van der Waals surface area contributed by atoms with Gasteiger partial charge in [0.25, 0.3) is 0 Å². The van der Waals surface area contributed by atoms with Crippen LogP contribution < -0.4 is 19.5 Å². The van der Waals surface area contributed by atoms with Crippen LogP contribution in [0.25, 0.3) is 0 Å². The summed E-state index contributed by atoms with van der Waals surface area (Å²) in [6.45, 7) is 7.88. The number of hydrogen-bond donors (Lipinski definition) is 1. The molecule has 0 saturated carbocycles. The standard InChI is InChI=1S/C22H28N4O5/c1-22(2,3)31-21(27)26-8-6-16(7-9-26)30-20-13-19(23-14-24-20)25-15-4-5-17-18(12-15)29-11-10-28-17/h4-5,12-14,16H,6-11H2,1-3H3,(H,23,24,25). The SMILES string of the molecule is CC(C)(C)OC(=O)N1CCC(Oc2cc(Nc3ccc4c(c3)OCCO4)ncn2)CC1. The summed E-state index contributed by atoms with van der Waals surface area (Å²) in [7, 11) is 0. The molecule has 1 aromatic carbocycles. The Balaban J connectivity index is 1.32. The number of carbonyl (C=O) groups is 1. The van der Waals surface area contributed by atoms with Gasteiger partial charge in [-0.1, -0.05) is 0 Å². The highest BCUT2D eigenvalue weighted by molar-refractivity contribution is 5.68. The summed E-state index contributed by atoms with van der Waals surface area (Å²) in [5.74, 6) is 2.55. The predicted octanol–water partition coefficient (Wildman–Crippen LogP) is 3.77. The Kier molecular flexibility index (Phi) is 6.01. The number of fused-ring (bicyclic) bond motifs is 1. The third-order valence-electron chi connectivity index (χ3n) is 4.84. The number of likely N-dealkylation sites (tertiary alicyclic amines) is 1. The van der Waals surface area contributed by atoms with Gasteiger partial charge in [0.1, 0.15) is 37.1 Å². The minimum Gasteiger partial charge on any atom is -0.486 e. The van der Waals surface area contributed by atoms with Gasteiger partial charge < -0.3 is 29.2 Å². The van der Waals surface area contributed by atoms with Crippen molar-refractivity contribution in [1.29, 1.82) is 0 Å². The van der Waals surface area contributed by atoms with Crippen LogP contribution in [0.2, 0.25) is 0 Å². The fourth-order valence-corrected chi connectivity index (χ4v) is 3.39. The molecule has 1 N–H and O–H groups in total. The smallest absolute Gasteiger partial charge is 0.410 e. The monoisotopic (exact) mass is 428 g/mol. The largest absolute Gasteiger partial charge is 0.486 e. The summed E-state index contributed by atoms with van der Waals surface area (Å²) < 4.78 is 22.6. The van der Waals surface area contributed by atoms with E-state index in [9.17, 15) is 4.79 Å². The van der Waals surface area contributed by atoms with Crippen molar-refractivity contribution in [2.24, 2.45) is 0 Å². The van der Waals surface area contributed by atoms with Crippen LogP contribution >= 0.6 is 0 Å². The summed E-state index contributed by atoms with van der Waals surface area (Å²) in [5, 5.41) is 3.24. The van der Waals surface area contributed by atoms with E-state index >= 15 is 0 Å². The summed E-state index contributed by atoms with van der Waals surface area (Å²) in [6.07, 6.45) is 2.60. The van der Waals surface area contributed by atoms with Gasteiger partial charge in [0.2, 0.25) is 5.88 Å². The molecule has 0 unspecified atom stereocenters. The minimum absolute atomic E-state index is 0.0178. The van der Waals surface area contributed by atoms with Gasteiger partial charge in [0.05, 0.1) is 0 Å². The van der Waals surface area contributed by atoms with Gasteiger partial charge in [-0.15, -0.1) is 0 Å². The van der Waals surface area contributed by atoms with Crippen LogP contribution in [0.3, 0.4) is 0 Å². The van der Waals surface area contributed by atoms with Gasteiger partial charge in [0, 0.05) is 43.8 Å². The van der Waals surface area contributed by atoms with Crippen LogP contribution in [-0.2, 0) is 4.74 Å². The second-order valence-corrected chi connectivity index (χ2v) is 8.51. The Hall–Kier alpha value is -3.23. The lowest BCUT2D eigenvalue weighted by Gasteiger charge is -2.33. The van der Waals surface area contributed by atoms with E-state index in [1.54, 1.807) is 11.0 Å².